The van der Waals surface area contributed by atoms with Gasteiger partial charge in [-0.15, -0.1) is 10.2 Å². The van der Waals surface area contributed by atoms with E-state index in [1.165, 1.54) is 27.9 Å². The third-order valence-electron chi connectivity index (χ3n) is 6.28. The van der Waals surface area contributed by atoms with Gasteiger partial charge in [0.25, 0.3) is 0 Å². The van der Waals surface area contributed by atoms with E-state index < -0.39 is 0 Å². The van der Waals surface area contributed by atoms with Gasteiger partial charge in [-0.3, -0.25) is 4.57 Å². The van der Waals surface area contributed by atoms with E-state index in [2.05, 4.69) is 115 Å². The topological polar surface area (TPSA) is 30.7 Å². The highest BCUT2D eigenvalue weighted by Crippen LogP contribution is 2.37. The lowest BCUT2D eigenvalue weighted by Crippen LogP contribution is -2.07. The van der Waals surface area contributed by atoms with E-state index in [4.69, 9.17) is 10.2 Å². The van der Waals surface area contributed by atoms with Gasteiger partial charge in [-0.2, -0.15) is 0 Å². The average molecular weight is 444 g/mol. The molecule has 0 saturated carbocycles. The zero-order chi connectivity index (χ0) is 23.3. The molecule has 0 amide bonds. The fourth-order valence-electron chi connectivity index (χ4n) is 4.67. The Morgan fingerprint density at radius 1 is 0.559 bits per heavy atom. The number of nitrogens with zero attached hydrogens (tertiary/aromatic N) is 3. The van der Waals surface area contributed by atoms with Crippen LogP contribution in [0, 0.1) is 0 Å². The fourth-order valence-corrected chi connectivity index (χ4v) is 4.67. The fraction of sp³-hybridized carbons (Fsp3) is 0.161. The molecule has 168 valence electrons. The zero-order valence-electron chi connectivity index (χ0n) is 19.8. The molecular weight excluding hydrogens is 414 g/mol. The smallest absolute Gasteiger partial charge is 0.169 e. The molecule has 0 aliphatic heterocycles. The lowest BCUT2D eigenvalue weighted by Gasteiger charge is -2.20. The third kappa shape index (κ3) is 4.06. The van der Waals surface area contributed by atoms with Crippen molar-refractivity contribution in [1.29, 1.82) is 0 Å². The van der Waals surface area contributed by atoms with Crippen LogP contribution in [0.2, 0.25) is 0 Å². The minimum Gasteiger partial charge on any atom is -0.274 e. The Morgan fingerprint density at radius 3 is 1.85 bits per heavy atom. The van der Waals surface area contributed by atoms with Crippen LogP contribution in [0.4, 0.5) is 0 Å². The van der Waals surface area contributed by atoms with Crippen LogP contribution < -0.4 is 0 Å². The molecule has 34 heavy (non-hydrogen) atoms. The van der Waals surface area contributed by atoms with Crippen LogP contribution in [0.5, 0.6) is 0 Å². The Labute approximate surface area is 201 Å². The monoisotopic (exact) mass is 443 g/mol. The molecule has 3 heteroatoms. The lowest BCUT2D eigenvalue weighted by atomic mass is 9.96. The first-order valence-electron chi connectivity index (χ1n) is 12.1. The van der Waals surface area contributed by atoms with E-state index >= 15 is 0 Å². The van der Waals surface area contributed by atoms with Gasteiger partial charge >= 0.3 is 0 Å². The Balaban J connectivity index is 1.88. The van der Waals surface area contributed by atoms with Crippen molar-refractivity contribution in [2.75, 3.05) is 0 Å². The molecule has 4 aromatic carbocycles. The second-order valence-corrected chi connectivity index (χ2v) is 8.49. The molecule has 0 atom stereocenters. The van der Waals surface area contributed by atoms with Crippen LogP contribution >= 0.6 is 0 Å². The molecule has 0 aliphatic rings. The molecule has 0 fully saturated rings. The summed E-state index contributed by atoms with van der Waals surface area (Å²) in [6, 6.07) is 36.2. The van der Waals surface area contributed by atoms with Crippen molar-refractivity contribution in [2.24, 2.45) is 0 Å². The average Bonchev–Trinajstić information content (AvgIpc) is 3.34. The summed E-state index contributed by atoms with van der Waals surface area (Å²) in [5.74, 6) is 1.75. The normalized spacial score (nSPS) is 11.0. The number of rotatable bonds is 7. The van der Waals surface area contributed by atoms with E-state index in [1.807, 2.05) is 6.07 Å². The maximum atomic E-state index is 4.80. The maximum absolute atomic E-state index is 4.80. The van der Waals surface area contributed by atoms with Crippen LogP contribution in [0.15, 0.2) is 103 Å². The molecule has 5 rings (SSSR count). The summed E-state index contributed by atoms with van der Waals surface area (Å²) < 4.78 is 2.29. The van der Waals surface area contributed by atoms with Crippen molar-refractivity contribution in [3.8, 4) is 39.6 Å². The zero-order valence-corrected chi connectivity index (χ0v) is 19.8. The Bertz CT molecular complexity index is 1390. The SMILES string of the molecule is CCCc1cccc(-c2ccccc2)c1-n1c(-c2ccccc2)nnc1-c1ccccc1CC. The quantitative estimate of drug-likeness (QED) is 0.257. The predicted octanol–water partition coefficient (Wildman–Crippen LogP) is 7.78. The molecule has 0 aliphatic carbocycles. The summed E-state index contributed by atoms with van der Waals surface area (Å²) in [5, 5.41) is 9.56. The summed E-state index contributed by atoms with van der Waals surface area (Å²) in [7, 11) is 0. The first-order valence-corrected chi connectivity index (χ1v) is 12.1. The molecule has 5 aromatic rings. The third-order valence-corrected chi connectivity index (χ3v) is 6.28. The minimum absolute atomic E-state index is 0.863. The van der Waals surface area contributed by atoms with Gasteiger partial charge in [0.1, 0.15) is 0 Å². The summed E-state index contributed by atoms with van der Waals surface area (Å²) in [5.41, 5.74) is 8.31. The molecule has 0 saturated heterocycles. The van der Waals surface area contributed by atoms with Crippen molar-refractivity contribution in [2.45, 2.75) is 33.1 Å². The van der Waals surface area contributed by atoms with Crippen LogP contribution in [0.25, 0.3) is 39.6 Å². The largest absolute Gasteiger partial charge is 0.274 e. The van der Waals surface area contributed by atoms with Crippen molar-refractivity contribution in [3.05, 3.63) is 114 Å². The number of hydrogen-bond donors (Lipinski definition) is 0. The number of aryl methyl sites for hydroxylation is 2. The Kier molecular flexibility index (Phi) is 6.35. The van der Waals surface area contributed by atoms with E-state index in [0.717, 1.165) is 42.0 Å². The van der Waals surface area contributed by atoms with E-state index in [1.54, 1.807) is 0 Å². The highest BCUT2D eigenvalue weighted by molar-refractivity contribution is 5.80. The number of para-hydroxylation sites is 1. The van der Waals surface area contributed by atoms with Crippen LogP contribution in [-0.2, 0) is 12.8 Å². The highest BCUT2D eigenvalue weighted by Gasteiger charge is 2.23. The first-order chi connectivity index (χ1) is 16.8. The molecule has 3 nitrogen and oxygen atoms in total. The molecule has 0 spiro atoms. The second kappa shape index (κ2) is 9.88. The van der Waals surface area contributed by atoms with E-state index in [0.29, 0.717) is 0 Å². The van der Waals surface area contributed by atoms with Gasteiger partial charge in [0.05, 0.1) is 5.69 Å². The Morgan fingerprint density at radius 2 is 1.15 bits per heavy atom. The molecule has 0 bridgehead atoms. The van der Waals surface area contributed by atoms with E-state index in [-0.39, 0.29) is 0 Å². The van der Waals surface area contributed by atoms with Crippen molar-refractivity contribution < 1.29 is 0 Å². The van der Waals surface area contributed by atoms with Gasteiger partial charge in [0, 0.05) is 16.7 Å². The number of aromatic nitrogens is 3. The summed E-state index contributed by atoms with van der Waals surface area (Å²) >= 11 is 0. The second-order valence-electron chi connectivity index (χ2n) is 8.49. The van der Waals surface area contributed by atoms with Crippen molar-refractivity contribution in [3.63, 3.8) is 0 Å². The minimum atomic E-state index is 0.863. The van der Waals surface area contributed by atoms with Gasteiger partial charge < -0.3 is 0 Å². The summed E-state index contributed by atoms with van der Waals surface area (Å²) in [6.07, 6.45) is 2.98. The number of hydrogen-bond acceptors (Lipinski definition) is 2. The van der Waals surface area contributed by atoms with E-state index in [9.17, 15) is 0 Å². The summed E-state index contributed by atoms with van der Waals surface area (Å²) in [6.45, 7) is 4.43. The molecule has 0 N–H and O–H groups in total. The molecule has 0 unspecified atom stereocenters. The van der Waals surface area contributed by atoms with Crippen molar-refractivity contribution in [1.82, 2.24) is 14.8 Å². The Hall–Kier alpha value is -3.98. The van der Waals surface area contributed by atoms with Crippen LogP contribution in [-0.4, -0.2) is 14.8 Å². The highest BCUT2D eigenvalue weighted by atomic mass is 15.3. The molecule has 0 radical (unpaired) electrons. The standard InChI is InChI=1S/C31H29N3/c1-3-14-25-20-13-22-27(24-16-7-5-8-17-24)29(25)34-30(26-18-9-6-10-19-26)32-33-31(34)28-21-12-11-15-23(28)4-2/h5-13,15-22H,3-4,14H2,1-2H3. The molecule has 1 aromatic heterocycles. The van der Waals surface area contributed by atoms with Gasteiger partial charge in [-0.05, 0) is 29.5 Å². The summed E-state index contributed by atoms with van der Waals surface area (Å²) in [4.78, 5) is 0. The molecular formula is C31H29N3. The van der Waals surface area contributed by atoms with Crippen LogP contribution in [0.3, 0.4) is 0 Å². The van der Waals surface area contributed by atoms with Crippen LogP contribution in [0.1, 0.15) is 31.4 Å². The van der Waals surface area contributed by atoms with Gasteiger partial charge in [-0.25, -0.2) is 0 Å². The van der Waals surface area contributed by atoms with Gasteiger partial charge in [0.2, 0.25) is 0 Å². The predicted molar refractivity (Wildman–Crippen MR) is 141 cm³/mol. The maximum Gasteiger partial charge on any atom is 0.169 e. The number of benzene rings is 4. The molecule has 1 heterocycles. The van der Waals surface area contributed by atoms with Crippen molar-refractivity contribution >= 4 is 0 Å². The lowest BCUT2D eigenvalue weighted by molar-refractivity contribution is 0.901. The van der Waals surface area contributed by atoms with Gasteiger partial charge in [0.15, 0.2) is 11.6 Å². The van der Waals surface area contributed by atoms with Gasteiger partial charge in [-0.1, -0.05) is 123 Å². The first kappa shape index (κ1) is 21.8.